The van der Waals surface area contributed by atoms with E-state index in [1.54, 1.807) is 0 Å². The minimum Gasteiger partial charge on any atom is -0.468 e. The van der Waals surface area contributed by atoms with Crippen molar-refractivity contribution in [1.29, 1.82) is 0 Å². The first kappa shape index (κ1) is 31.0. The molecule has 0 radical (unpaired) electrons. The van der Waals surface area contributed by atoms with Crippen LogP contribution in [0, 0.1) is 0 Å². The zero-order valence-electron chi connectivity index (χ0n) is 16.9. The lowest BCUT2D eigenvalue weighted by Crippen LogP contribution is -2.18. The lowest BCUT2D eigenvalue weighted by molar-refractivity contribution is -0.140. The van der Waals surface area contributed by atoms with E-state index in [2.05, 4.69) is 42.8 Å². The number of hydrogen-bond donors (Lipinski definition) is 1. The summed E-state index contributed by atoms with van der Waals surface area (Å²) < 4.78 is 13.3. The van der Waals surface area contributed by atoms with Crippen molar-refractivity contribution in [3.8, 4) is 0 Å². The first-order valence-corrected chi connectivity index (χ1v) is 10.6. The van der Waals surface area contributed by atoms with Crippen molar-refractivity contribution in [2.45, 2.75) is 62.3 Å². The predicted octanol–water partition coefficient (Wildman–Crippen LogP) is 3.42. The summed E-state index contributed by atoms with van der Waals surface area (Å²) in [6.07, 6.45) is 2.11. The van der Waals surface area contributed by atoms with Crippen LogP contribution in [0.25, 0.3) is 0 Å². The molecule has 0 aromatic rings. The quantitative estimate of drug-likeness (QED) is 0.251. The molecule has 0 heterocycles. The average molecular weight is 491 g/mol. The molecule has 0 saturated carbocycles. The number of halogens is 1. The normalized spacial score (nSPS) is 12.6. The number of hydrogen-bond acceptors (Lipinski definition) is 9. The van der Waals surface area contributed by atoms with E-state index in [0.29, 0.717) is 6.42 Å². The van der Waals surface area contributed by atoms with Gasteiger partial charge in [-0.1, -0.05) is 48.5 Å². The molecule has 0 aliphatic rings. The number of thioether (sulfide) groups is 1. The second kappa shape index (κ2) is 20.0. The lowest BCUT2D eigenvalue weighted by Gasteiger charge is -2.08. The maximum absolute atomic E-state index is 10.9. The van der Waals surface area contributed by atoms with Gasteiger partial charge in [-0.05, 0) is 19.3 Å². The summed E-state index contributed by atoms with van der Waals surface area (Å²) in [6.45, 7) is 7.08. The third kappa shape index (κ3) is 18.4. The van der Waals surface area contributed by atoms with Gasteiger partial charge in [0.15, 0.2) is 5.12 Å². The Balaban J connectivity index is -0.000000327. The van der Waals surface area contributed by atoms with Crippen LogP contribution in [-0.2, 0) is 33.4 Å². The van der Waals surface area contributed by atoms with Crippen LogP contribution in [0.2, 0.25) is 0 Å². The summed E-state index contributed by atoms with van der Waals surface area (Å²) in [5.41, 5.74) is 0. The molecule has 0 bridgehead atoms. The highest BCUT2D eigenvalue weighted by Gasteiger charge is 2.19. The molecule has 160 valence electrons. The molecule has 0 N–H and O–H groups in total. The van der Waals surface area contributed by atoms with Crippen LogP contribution in [0.4, 0.5) is 0 Å². The highest BCUT2D eigenvalue weighted by Crippen LogP contribution is 2.16. The minimum atomic E-state index is -0.336. The number of esters is 3. The first-order valence-electron chi connectivity index (χ1n) is 8.28. The van der Waals surface area contributed by atoms with E-state index in [-0.39, 0.29) is 38.4 Å². The number of methoxy groups -OCH3 is 3. The van der Waals surface area contributed by atoms with E-state index in [9.17, 15) is 19.2 Å². The zero-order valence-corrected chi connectivity index (χ0v) is 20.2. The maximum atomic E-state index is 10.9. The van der Waals surface area contributed by atoms with E-state index in [0.717, 1.165) is 24.6 Å². The van der Waals surface area contributed by atoms with Crippen molar-refractivity contribution in [2.24, 2.45) is 0 Å². The van der Waals surface area contributed by atoms with Gasteiger partial charge in [0.25, 0.3) is 0 Å². The molecule has 0 aliphatic carbocycles. The number of thiol groups is 1. The molecule has 0 spiro atoms. The molecule has 0 aromatic heterocycles. The van der Waals surface area contributed by atoms with Crippen LogP contribution in [0.15, 0.2) is 0 Å². The van der Waals surface area contributed by atoms with Crippen LogP contribution in [-0.4, -0.2) is 59.7 Å². The van der Waals surface area contributed by atoms with Gasteiger partial charge in [-0.15, -0.1) is 0 Å². The number of alkyl halides is 1. The maximum Gasteiger partial charge on any atom is 0.319 e. The number of carbonyl (C=O) groups excluding carboxylic acids is 4. The molecule has 0 rings (SSSR count). The summed E-state index contributed by atoms with van der Waals surface area (Å²) in [6, 6.07) is 0. The first-order chi connectivity index (χ1) is 12.6. The van der Waals surface area contributed by atoms with Crippen molar-refractivity contribution in [2.75, 3.05) is 21.3 Å². The Morgan fingerprint density at radius 3 is 1.48 bits per heavy atom. The SMILES string of the molecule is CCC(Br)C(=O)OC.CCC(S)C(=O)OC.CCC(SC(C)=O)C(=O)OC. The van der Waals surface area contributed by atoms with Crippen LogP contribution in [0.1, 0.15) is 47.0 Å². The van der Waals surface area contributed by atoms with Crippen LogP contribution >= 0.6 is 40.3 Å². The Hall–Kier alpha value is -0.740. The second-order valence-corrected chi connectivity index (χ2v) is 7.98. The summed E-state index contributed by atoms with van der Waals surface area (Å²) >= 11 is 8.08. The molecule has 0 aliphatic heterocycles. The van der Waals surface area contributed by atoms with Crippen LogP contribution in [0.3, 0.4) is 0 Å². The molecule has 7 nitrogen and oxygen atoms in total. The van der Waals surface area contributed by atoms with Gasteiger partial charge in [0, 0.05) is 6.92 Å². The summed E-state index contributed by atoms with van der Waals surface area (Å²) in [5.74, 6) is -0.781. The fourth-order valence-corrected chi connectivity index (χ4v) is 2.28. The van der Waals surface area contributed by atoms with E-state index >= 15 is 0 Å². The van der Waals surface area contributed by atoms with E-state index in [1.807, 2.05) is 20.8 Å². The Labute approximate surface area is 180 Å². The standard InChI is InChI=1S/C7H12O3S.C5H9BrO2.C5H10O2S/c1-4-6(7(9)10-3)11-5(2)8;1-3-4(6)5(7)8-2;1-3-4(8)5(6)7-2/h6H,4H2,1-3H3;4H,3H2,1-2H3;4,8H,3H2,1-2H3. The molecule has 3 atom stereocenters. The van der Waals surface area contributed by atoms with Crippen LogP contribution in [0.5, 0.6) is 0 Å². The Kier molecular flexibility index (Phi) is 22.9. The minimum absolute atomic E-state index is 0.0535. The van der Waals surface area contributed by atoms with Crippen molar-refractivity contribution >= 4 is 63.3 Å². The van der Waals surface area contributed by atoms with Crippen molar-refractivity contribution < 1.29 is 33.4 Å². The molecule has 3 unspecified atom stereocenters. The Morgan fingerprint density at radius 1 is 0.852 bits per heavy atom. The molecule has 27 heavy (non-hydrogen) atoms. The van der Waals surface area contributed by atoms with Gasteiger partial charge < -0.3 is 14.2 Å². The van der Waals surface area contributed by atoms with Crippen molar-refractivity contribution in [1.82, 2.24) is 0 Å². The highest BCUT2D eigenvalue weighted by atomic mass is 79.9. The van der Waals surface area contributed by atoms with E-state index in [4.69, 9.17) is 0 Å². The number of rotatable bonds is 7. The molecule has 0 saturated heterocycles. The van der Waals surface area contributed by atoms with Crippen LogP contribution < -0.4 is 0 Å². The van der Waals surface area contributed by atoms with Crippen molar-refractivity contribution in [3.63, 3.8) is 0 Å². The summed E-state index contributed by atoms with van der Waals surface area (Å²) in [4.78, 5) is 42.3. The lowest BCUT2D eigenvalue weighted by atomic mass is 10.3. The van der Waals surface area contributed by atoms with Gasteiger partial charge >= 0.3 is 17.9 Å². The fraction of sp³-hybridized carbons (Fsp3) is 0.765. The third-order valence-corrected chi connectivity index (χ3v) is 5.56. The average Bonchev–Trinajstić information content (AvgIpc) is 2.69. The Morgan fingerprint density at radius 2 is 1.30 bits per heavy atom. The summed E-state index contributed by atoms with van der Waals surface area (Å²) in [5, 5.41) is -0.639. The van der Waals surface area contributed by atoms with E-state index in [1.165, 1.54) is 28.3 Å². The monoisotopic (exact) mass is 490 g/mol. The summed E-state index contributed by atoms with van der Waals surface area (Å²) in [7, 11) is 4.07. The molecule has 0 aromatic carbocycles. The number of ether oxygens (including phenoxy) is 3. The van der Waals surface area contributed by atoms with Gasteiger partial charge in [0.05, 0.1) is 26.6 Å². The predicted molar refractivity (Wildman–Crippen MR) is 114 cm³/mol. The molecule has 10 heteroatoms. The molecular weight excluding hydrogens is 460 g/mol. The largest absolute Gasteiger partial charge is 0.468 e. The number of carbonyl (C=O) groups is 4. The fourth-order valence-electron chi connectivity index (χ4n) is 1.23. The van der Waals surface area contributed by atoms with Gasteiger partial charge in [0.1, 0.15) is 10.1 Å². The molecule has 0 amide bonds. The smallest absolute Gasteiger partial charge is 0.319 e. The van der Waals surface area contributed by atoms with E-state index < -0.39 is 0 Å². The zero-order chi connectivity index (χ0) is 22.0. The third-order valence-electron chi connectivity index (χ3n) is 2.82. The second-order valence-electron chi connectivity index (χ2n) is 4.88. The highest BCUT2D eigenvalue weighted by molar-refractivity contribution is 9.10. The van der Waals surface area contributed by atoms with Gasteiger partial charge in [0.2, 0.25) is 0 Å². The molecule has 0 fully saturated rings. The van der Waals surface area contributed by atoms with Crippen molar-refractivity contribution in [3.05, 3.63) is 0 Å². The molecular formula is C17H31BrO7S2. The van der Waals surface area contributed by atoms with Gasteiger partial charge in [-0.25, -0.2) is 0 Å². The van der Waals surface area contributed by atoms with Gasteiger partial charge in [-0.2, -0.15) is 12.6 Å². The Bertz CT molecular complexity index is 425. The topological polar surface area (TPSA) is 96.0 Å². The van der Waals surface area contributed by atoms with Gasteiger partial charge in [-0.3, -0.25) is 19.2 Å².